The van der Waals surface area contributed by atoms with Gasteiger partial charge in [-0.2, -0.15) is 0 Å². The molecular formula is C32H32F3NO4. The number of hydrogen-bond donors (Lipinski definition) is 1. The first-order chi connectivity index (χ1) is 19.1. The van der Waals surface area contributed by atoms with Crippen LogP contribution in [0.4, 0.5) is 13.2 Å². The average molecular weight is 552 g/mol. The second-order valence-corrected chi connectivity index (χ2v) is 12.1. The summed E-state index contributed by atoms with van der Waals surface area (Å²) in [6.45, 7) is 4.40. The highest BCUT2D eigenvalue weighted by Crippen LogP contribution is 2.63. The fraction of sp³-hybridized carbons (Fsp3) is 0.438. The van der Waals surface area contributed by atoms with Gasteiger partial charge in [0.1, 0.15) is 18.2 Å². The van der Waals surface area contributed by atoms with Gasteiger partial charge in [-0.3, -0.25) is 4.79 Å². The topological polar surface area (TPSA) is 68.7 Å². The number of nitrogens with zero attached hydrogens (tertiary/aromatic N) is 1. The molecule has 3 unspecified atom stereocenters. The molecule has 0 radical (unpaired) electrons. The van der Waals surface area contributed by atoms with E-state index < -0.39 is 34.8 Å². The lowest BCUT2D eigenvalue weighted by Crippen LogP contribution is -2.17. The third-order valence-corrected chi connectivity index (χ3v) is 9.45. The zero-order valence-corrected chi connectivity index (χ0v) is 22.8. The van der Waals surface area contributed by atoms with Crippen LogP contribution in [0.5, 0.6) is 11.6 Å². The Kier molecular flexibility index (Phi) is 6.35. The van der Waals surface area contributed by atoms with Gasteiger partial charge in [-0.15, -0.1) is 0 Å². The molecule has 5 nitrogen and oxygen atoms in total. The summed E-state index contributed by atoms with van der Waals surface area (Å²) >= 11 is 0. The van der Waals surface area contributed by atoms with Gasteiger partial charge in [-0.25, -0.2) is 18.2 Å². The monoisotopic (exact) mass is 551 g/mol. The maximum atomic E-state index is 15.7. The molecule has 3 aliphatic rings. The van der Waals surface area contributed by atoms with E-state index in [9.17, 15) is 9.90 Å². The minimum absolute atomic E-state index is 0.00366. The fourth-order valence-corrected chi connectivity index (χ4v) is 7.20. The van der Waals surface area contributed by atoms with E-state index >= 15 is 13.2 Å². The summed E-state index contributed by atoms with van der Waals surface area (Å²) < 4.78 is 56.8. The molecule has 0 amide bonds. The van der Waals surface area contributed by atoms with E-state index in [-0.39, 0.29) is 34.8 Å². The van der Waals surface area contributed by atoms with E-state index in [2.05, 4.69) is 18.8 Å². The molecule has 0 bridgehead atoms. The zero-order chi connectivity index (χ0) is 28.4. The van der Waals surface area contributed by atoms with Crippen LogP contribution in [0.15, 0.2) is 36.5 Å². The molecule has 2 saturated carbocycles. The molecule has 1 aromatic heterocycles. The van der Waals surface area contributed by atoms with Crippen LogP contribution in [0.2, 0.25) is 0 Å². The molecule has 3 aromatic rings. The normalized spacial score (nSPS) is 24.2. The van der Waals surface area contributed by atoms with Gasteiger partial charge in [-0.1, -0.05) is 38.5 Å². The first-order valence-electron chi connectivity index (χ1n) is 13.8. The van der Waals surface area contributed by atoms with Crippen LogP contribution in [-0.4, -0.2) is 23.2 Å². The van der Waals surface area contributed by atoms with E-state index in [4.69, 9.17) is 9.47 Å². The smallest absolute Gasteiger partial charge is 0.307 e. The summed E-state index contributed by atoms with van der Waals surface area (Å²) in [4.78, 5) is 15.6. The van der Waals surface area contributed by atoms with Crippen LogP contribution in [0.1, 0.15) is 74.1 Å². The Morgan fingerprint density at radius 3 is 2.58 bits per heavy atom. The number of carboxylic acids is 1. The number of benzene rings is 2. The maximum absolute atomic E-state index is 15.7. The number of carboxylic acid groups (broad SMARTS) is 1. The van der Waals surface area contributed by atoms with Crippen LogP contribution in [-0.2, 0) is 23.2 Å². The van der Waals surface area contributed by atoms with Gasteiger partial charge in [0.05, 0.1) is 19.2 Å². The van der Waals surface area contributed by atoms with Crippen molar-refractivity contribution in [1.29, 1.82) is 0 Å². The van der Waals surface area contributed by atoms with E-state index in [0.29, 0.717) is 30.7 Å². The molecule has 6 rings (SSSR count). The van der Waals surface area contributed by atoms with Gasteiger partial charge in [0.15, 0.2) is 11.6 Å². The first kappa shape index (κ1) is 26.7. The first-order valence-corrected chi connectivity index (χ1v) is 13.8. The second-order valence-electron chi connectivity index (χ2n) is 12.1. The van der Waals surface area contributed by atoms with Crippen molar-refractivity contribution in [3.63, 3.8) is 0 Å². The molecule has 210 valence electrons. The maximum Gasteiger partial charge on any atom is 0.307 e. The molecule has 3 atom stereocenters. The summed E-state index contributed by atoms with van der Waals surface area (Å²) in [6.07, 6.45) is 5.26. The Morgan fingerprint density at radius 1 is 1.10 bits per heavy atom. The Labute approximate surface area is 231 Å². The van der Waals surface area contributed by atoms with Crippen molar-refractivity contribution in [1.82, 2.24) is 4.98 Å². The molecular weight excluding hydrogens is 519 g/mol. The van der Waals surface area contributed by atoms with Crippen LogP contribution in [0.25, 0.3) is 11.1 Å². The van der Waals surface area contributed by atoms with Gasteiger partial charge in [0.25, 0.3) is 0 Å². The lowest BCUT2D eigenvalue weighted by Gasteiger charge is -2.30. The third-order valence-electron chi connectivity index (χ3n) is 9.45. The highest BCUT2D eigenvalue weighted by molar-refractivity contribution is 5.78. The molecule has 8 heteroatoms. The van der Waals surface area contributed by atoms with E-state index in [1.807, 2.05) is 12.1 Å². The molecule has 40 heavy (non-hydrogen) atoms. The van der Waals surface area contributed by atoms with Crippen molar-refractivity contribution in [2.45, 2.75) is 70.3 Å². The molecule has 1 N–H and O–H groups in total. The molecule has 2 fully saturated rings. The molecule has 1 spiro atoms. The number of rotatable bonds is 7. The predicted octanol–water partition coefficient (Wildman–Crippen LogP) is 7.34. The summed E-state index contributed by atoms with van der Waals surface area (Å²) in [7, 11) is 1.49. The largest absolute Gasteiger partial charge is 0.486 e. The summed E-state index contributed by atoms with van der Waals surface area (Å²) in [5.74, 6) is -3.11. The quantitative estimate of drug-likeness (QED) is 0.333. The predicted molar refractivity (Wildman–Crippen MR) is 143 cm³/mol. The van der Waals surface area contributed by atoms with E-state index in [1.54, 1.807) is 12.1 Å². The van der Waals surface area contributed by atoms with Gasteiger partial charge in [0.2, 0.25) is 5.88 Å². The molecule has 2 aromatic carbocycles. The van der Waals surface area contributed by atoms with Gasteiger partial charge in [0, 0.05) is 28.7 Å². The van der Waals surface area contributed by atoms with Crippen molar-refractivity contribution in [2.75, 3.05) is 7.11 Å². The Hall–Kier alpha value is -3.55. The lowest BCUT2D eigenvalue weighted by atomic mass is 9.75. The fourth-order valence-electron chi connectivity index (χ4n) is 7.20. The summed E-state index contributed by atoms with van der Waals surface area (Å²) in [6, 6.07) is 8.28. The van der Waals surface area contributed by atoms with Crippen molar-refractivity contribution in [3.8, 4) is 22.8 Å². The molecule has 3 aliphatic carbocycles. The van der Waals surface area contributed by atoms with Crippen LogP contribution < -0.4 is 9.47 Å². The SMILES string of the molecule is COc1cc(-c2ccc(COc3cc(F)c4c(c3F)C3(CC4)CC3C(=O)O)cc2C2CCCC2(C)C)c(F)cn1. The number of carbonyl (C=O) groups is 1. The Balaban J connectivity index is 1.35. The van der Waals surface area contributed by atoms with E-state index in [0.717, 1.165) is 48.2 Å². The summed E-state index contributed by atoms with van der Waals surface area (Å²) in [5, 5.41) is 9.51. The van der Waals surface area contributed by atoms with Crippen LogP contribution in [0, 0.1) is 28.8 Å². The number of hydrogen-bond acceptors (Lipinski definition) is 4. The highest BCUT2D eigenvalue weighted by Gasteiger charge is 2.63. The number of ether oxygens (including phenoxy) is 2. The number of methoxy groups -OCH3 is 1. The second kappa shape index (κ2) is 9.53. The summed E-state index contributed by atoms with van der Waals surface area (Å²) in [5.41, 5.74) is 2.43. The zero-order valence-electron chi connectivity index (χ0n) is 22.8. The van der Waals surface area contributed by atoms with Crippen molar-refractivity contribution >= 4 is 5.97 Å². The molecule has 0 aliphatic heterocycles. The molecule has 1 heterocycles. The van der Waals surface area contributed by atoms with E-state index in [1.165, 1.54) is 7.11 Å². The van der Waals surface area contributed by atoms with Gasteiger partial charge >= 0.3 is 5.97 Å². The van der Waals surface area contributed by atoms with Crippen LogP contribution >= 0.6 is 0 Å². The third kappa shape index (κ3) is 4.23. The van der Waals surface area contributed by atoms with Crippen molar-refractivity contribution in [3.05, 3.63) is 76.2 Å². The number of aliphatic carboxylic acids is 1. The highest BCUT2D eigenvalue weighted by atomic mass is 19.1. The standard InChI is InChI=1S/C32H32F3NO4/c1-31(2)9-4-5-22(31)20-11-17(6-7-18(20)21-12-27(39-3)36-15-25(21)34)16-40-26-13-24(33)19-8-10-32(28(19)29(26)35)14-23(32)30(37)38/h6-7,11-13,15,22-23H,4-5,8-10,14,16H2,1-3H3,(H,37,38). The Bertz CT molecular complexity index is 1520. The van der Waals surface area contributed by atoms with Crippen molar-refractivity contribution < 1.29 is 32.5 Å². The van der Waals surface area contributed by atoms with Crippen LogP contribution in [0.3, 0.4) is 0 Å². The van der Waals surface area contributed by atoms with Gasteiger partial charge < -0.3 is 14.6 Å². The minimum Gasteiger partial charge on any atom is -0.486 e. The number of fused-ring (bicyclic) bond motifs is 2. The van der Waals surface area contributed by atoms with Crippen molar-refractivity contribution in [2.24, 2.45) is 11.3 Å². The van der Waals surface area contributed by atoms with Gasteiger partial charge in [-0.05, 0) is 65.7 Å². The minimum atomic E-state index is -0.982. The lowest BCUT2D eigenvalue weighted by molar-refractivity contribution is -0.139. The number of halogens is 3. The Morgan fingerprint density at radius 2 is 1.90 bits per heavy atom. The average Bonchev–Trinajstić information content (AvgIpc) is 3.36. The number of pyridine rings is 1. The molecule has 0 saturated heterocycles. The number of aromatic nitrogens is 1.